The van der Waals surface area contributed by atoms with Crippen LogP contribution in [0.15, 0.2) is 57.6 Å². The number of azo groups is 1. The lowest BCUT2D eigenvalue weighted by molar-refractivity contribution is 0.0552. The van der Waals surface area contributed by atoms with E-state index < -0.39 is 12.0 Å². The highest BCUT2D eigenvalue weighted by molar-refractivity contribution is 7.99. The van der Waals surface area contributed by atoms with E-state index in [4.69, 9.17) is 9.84 Å². The molecular weight excluding hydrogens is 504 g/mol. The van der Waals surface area contributed by atoms with Crippen LogP contribution in [-0.2, 0) is 17.7 Å². The Morgan fingerprint density at radius 1 is 1.05 bits per heavy atom. The van der Waals surface area contributed by atoms with Gasteiger partial charge in [-0.15, -0.1) is 16.9 Å². The SMILES string of the molecule is CCCCCn1c(O)c(N=NC(=O)N2CCOCC2)c2cc(SCCCc3ccc(C(=O)O)cc3)ccc21. The maximum atomic E-state index is 12.5. The molecule has 202 valence electrons. The summed E-state index contributed by atoms with van der Waals surface area (Å²) in [6.07, 6.45) is 4.84. The molecule has 1 aromatic heterocycles. The predicted molar refractivity (Wildman–Crippen MR) is 148 cm³/mol. The number of unbranched alkanes of at least 4 members (excludes halogenated alkanes) is 2. The Kier molecular flexibility index (Phi) is 9.78. The summed E-state index contributed by atoms with van der Waals surface area (Å²) < 4.78 is 7.15. The molecule has 38 heavy (non-hydrogen) atoms. The molecule has 0 spiro atoms. The Balaban J connectivity index is 1.48. The lowest BCUT2D eigenvalue weighted by Crippen LogP contribution is -2.39. The molecule has 9 nitrogen and oxygen atoms in total. The first-order valence-corrected chi connectivity index (χ1v) is 14.0. The number of nitrogens with zero attached hydrogens (tertiary/aromatic N) is 4. The highest BCUT2D eigenvalue weighted by atomic mass is 32.2. The number of carbonyl (C=O) groups excluding carboxylic acids is 1. The molecule has 10 heteroatoms. The summed E-state index contributed by atoms with van der Waals surface area (Å²) in [6.45, 7) is 4.73. The number of aromatic hydroxyl groups is 1. The number of rotatable bonds is 11. The fourth-order valence-electron chi connectivity index (χ4n) is 4.43. The molecule has 1 saturated heterocycles. The number of aryl methyl sites for hydroxylation is 2. The van der Waals surface area contributed by atoms with Gasteiger partial charge in [0.1, 0.15) is 0 Å². The first kappa shape index (κ1) is 27.7. The van der Waals surface area contributed by atoms with Crippen LogP contribution in [0.1, 0.15) is 48.5 Å². The molecule has 0 atom stereocenters. The third kappa shape index (κ3) is 6.93. The first-order chi connectivity index (χ1) is 18.5. The van der Waals surface area contributed by atoms with Gasteiger partial charge in [0, 0.05) is 29.9 Å². The van der Waals surface area contributed by atoms with Crippen molar-refractivity contribution in [2.75, 3.05) is 32.1 Å². The van der Waals surface area contributed by atoms with Crippen LogP contribution in [0.5, 0.6) is 5.88 Å². The molecule has 1 fully saturated rings. The Morgan fingerprint density at radius 2 is 1.82 bits per heavy atom. The highest BCUT2D eigenvalue weighted by Crippen LogP contribution is 2.41. The summed E-state index contributed by atoms with van der Waals surface area (Å²) in [7, 11) is 0. The van der Waals surface area contributed by atoms with Crippen molar-refractivity contribution in [3.05, 3.63) is 53.6 Å². The molecule has 0 bridgehead atoms. The lowest BCUT2D eigenvalue weighted by Gasteiger charge is -2.24. The van der Waals surface area contributed by atoms with Gasteiger partial charge in [-0.05, 0) is 60.9 Å². The molecule has 0 aliphatic carbocycles. The van der Waals surface area contributed by atoms with Crippen molar-refractivity contribution in [2.24, 2.45) is 10.2 Å². The van der Waals surface area contributed by atoms with E-state index in [0.29, 0.717) is 44.1 Å². The number of carboxylic acids is 1. The van der Waals surface area contributed by atoms with E-state index in [1.807, 2.05) is 34.9 Å². The summed E-state index contributed by atoms with van der Waals surface area (Å²) in [6, 6.07) is 12.6. The van der Waals surface area contributed by atoms with E-state index in [-0.39, 0.29) is 5.88 Å². The van der Waals surface area contributed by atoms with E-state index in [2.05, 4.69) is 17.2 Å². The van der Waals surface area contributed by atoms with Crippen molar-refractivity contribution in [2.45, 2.75) is 50.5 Å². The zero-order valence-corrected chi connectivity index (χ0v) is 22.5. The van der Waals surface area contributed by atoms with E-state index in [1.165, 1.54) is 0 Å². The lowest BCUT2D eigenvalue weighted by atomic mass is 10.1. The molecule has 0 radical (unpaired) electrons. The first-order valence-electron chi connectivity index (χ1n) is 13.1. The van der Waals surface area contributed by atoms with Gasteiger partial charge in [0.15, 0.2) is 5.69 Å². The molecule has 3 aromatic rings. The van der Waals surface area contributed by atoms with Gasteiger partial charge in [-0.2, -0.15) is 0 Å². The minimum absolute atomic E-state index is 0.0292. The van der Waals surface area contributed by atoms with Gasteiger partial charge >= 0.3 is 12.0 Å². The second kappa shape index (κ2) is 13.4. The van der Waals surface area contributed by atoms with Gasteiger partial charge in [0.05, 0.1) is 24.3 Å². The third-order valence-corrected chi connectivity index (χ3v) is 7.64. The number of thioether (sulfide) groups is 1. The molecular formula is C28H34N4O5S. The molecule has 2 heterocycles. The average Bonchev–Trinajstić information content (AvgIpc) is 3.20. The fraction of sp³-hybridized carbons (Fsp3) is 0.429. The van der Waals surface area contributed by atoms with Crippen molar-refractivity contribution < 1.29 is 24.5 Å². The number of morpholine rings is 1. The molecule has 0 saturated carbocycles. The summed E-state index contributed by atoms with van der Waals surface area (Å²) in [4.78, 5) is 26.2. The van der Waals surface area contributed by atoms with Gasteiger partial charge < -0.3 is 24.4 Å². The summed E-state index contributed by atoms with van der Waals surface area (Å²) in [5, 5.41) is 29.0. The maximum absolute atomic E-state index is 12.5. The number of urea groups is 1. The minimum atomic E-state index is -0.919. The number of aromatic nitrogens is 1. The number of hydrogen-bond acceptors (Lipinski definition) is 6. The fourth-order valence-corrected chi connectivity index (χ4v) is 5.32. The van der Waals surface area contributed by atoms with Gasteiger partial charge in [-0.25, -0.2) is 9.59 Å². The quantitative estimate of drug-likeness (QED) is 0.164. The number of fused-ring (bicyclic) bond motifs is 1. The maximum Gasteiger partial charge on any atom is 0.362 e. The summed E-state index contributed by atoms with van der Waals surface area (Å²) in [5.74, 6) is -0.0134. The van der Waals surface area contributed by atoms with Gasteiger partial charge in [-0.1, -0.05) is 37.0 Å². The second-order valence-electron chi connectivity index (χ2n) is 9.25. The largest absolute Gasteiger partial charge is 0.493 e. The van der Waals surface area contributed by atoms with E-state index in [1.54, 1.807) is 28.8 Å². The molecule has 0 unspecified atom stereocenters. The topological polar surface area (TPSA) is 117 Å². The van der Waals surface area contributed by atoms with E-state index in [9.17, 15) is 14.7 Å². The standard InChI is InChI=1S/C28H34N4O5S/c1-2-3-4-13-32-24-12-11-22(38-18-5-6-20-7-9-21(10-8-20)27(34)35)19-23(24)25(26(32)33)29-30-28(36)31-14-16-37-17-15-31/h7-12,19,33H,2-6,13-18H2,1H3,(H,34,35). The van der Waals surface area contributed by atoms with Crippen molar-refractivity contribution >= 4 is 40.4 Å². The molecule has 4 rings (SSSR count). The number of ether oxygens (including phenoxy) is 1. The molecule has 1 aliphatic heterocycles. The van der Waals surface area contributed by atoms with Gasteiger partial charge in [0.25, 0.3) is 0 Å². The van der Waals surface area contributed by atoms with Gasteiger partial charge in [0.2, 0.25) is 5.88 Å². The smallest absolute Gasteiger partial charge is 0.362 e. The number of hydrogen-bond donors (Lipinski definition) is 2. The van der Waals surface area contributed by atoms with E-state index in [0.717, 1.165) is 59.2 Å². The van der Waals surface area contributed by atoms with Gasteiger partial charge in [-0.3, -0.25) is 0 Å². The molecule has 2 aromatic carbocycles. The zero-order valence-electron chi connectivity index (χ0n) is 21.6. The average molecular weight is 539 g/mol. The number of amides is 2. The highest BCUT2D eigenvalue weighted by Gasteiger charge is 2.20. The second-order valence-corrected chi connectivity index (χ2v) is 10.4. The van der Waals surface area contributed by atoms with Crippen LogP contribution in [0.3, 0.4) is 0 Å². The third-order valence-electron chi connectivity index (χ3n) is 6.56. The molecule has 1 aliphatic rings. The summed E-state index contributed by atoms with van der Waals surface area (Å²) in [5.41, 5.74) is 2.59. The minimum Gasteiger partial charge on any atom is -0.493 e. The number of aromatic carboxylic acids is 1. The number of carbonyl (C=O) groups is 2. The van der Waals surface area contributed by atoms with Crippen LogP contribution in [0.2, 0.25) is 0 Å². The van der Waals surface area contributed by atoms with E-state index >= 15 is 0 Å². The van der Waals surface area contributed by atoms with Crippen LogP contribution in [0.25, 0.3) is 10.9 Å². The van der Waals surface area contributed by atoms with Crippen LogP contribution in [0.4, 0.5) is 10.5 Å². The van der Waals surface area contributed by atoms with Crippen molar-refractivity contribution in [1.29, 1.82) is 0 Å². The number of carboxylic acid groups (broad SMARTS) is 1. The van der Waals surface area contributed by atoms with Crippen LogP contribution in [0, 0.1) is 0 Å². The Morgan fingerprint density at radius 3 is 2.53 bits per heavy atom. The Labute approximate surface area is 226 Å². The predicted octanol–water partition coefficient (Wildman–Crippen LogP) is 6.50. The van der Waals surface area contributed by atoms with Crippen molar-refractivity contribution in [3.8, 4) is 5.88 Å². The monoisotopic (exact) mass is 538 g/mol. The zero-order chi connectivity index (χ0) is 26.9. The number of benzene rings is 2. The molecule has 2 N–H and O–H groups in total. The normalized spacial score (nSPS) is 14.0. The Hall–Kier alpha value is -3.37. The van der Waals surface area contributed by atoms with Crippen molar-refractivity contribution in [1.82, 2.24) is 9.47 Å². The molecule has 2 amide bonds. The Bertz CT molecular complexity index is 1280. The van der Waals surface area contributed by atoms with Crippen LogP contribution >= 0.6 is 11.8 Å². The van der Waals surface area contributed by atoms with Crippen LogP contribution in [-0.4, -0.2) is 63.7 Å². The van der Waals surface area contributed by atoms with Crippen LogP contribution < -0.4 is 0 Å². The van der Waals surface area contributed by atoms with Crippen molar-refractivity contribution in [3.63, 3.8) is 0 Å². The summed E-state index contributed by atoms with van der Waals surface area (Å²) >= 11 is 1.71.